The van der Waals surface area contributed by atoms with Gasteiger partial charge in [0.15, 0.2) is 0 Å². The maximum Gasteiger partial charge on any atom is 0.243 e. The highest BCUT2D eigenvalue weighted by atomic mass is 32.2. The average molecular weight is 556 g/mol. The summed E-state index contributed by atoms with van der Waals surface area (Å²) in [5.41, 5.74) is 0.472. The number of benzene rings is 2. The standard InChI is InChI=1S/C24H33N3O8S2/c1-33-22-6-3-5-20(19-22)27(36(2,29)30)13-4-7-24(28)25-12-16-35-21-8-10-23(11-9-21)37(31,32)26-14-17-34-18-15-26/h3,5-6,8-11,19H,4,7,12-18H2,1-2H3,(H,25,28). The van der Waals surface area contributed by atoms with E-state index in [4.69, 9.17) is 14.2 Å². The van der Waals surface area contributed by atoms with Crippen molar-refractivity contribution in [1.29, 1.82) is 0 Å². The third kappa shape index (κ3) is 8.32. The number of ether oxygens (including phenoxy) is 3. The van der Waals surface area contributed by atoms with E-state index < -0.39 is 20.0 Å². The van der Waals surface area contributed by atoms with Crippen LogP contribution in [0.4, 0.5) is 5.69 Å². The van der Waals surface area contributed by atoms with Crippen molar-refractivity contribution in [2.75, 3.05) is 63.7 Å². The summed E-state index contributed by atoms with van der Waals surface area (Å²) in [5, 5.41) is 2.74. The number of anilines is 1. The Kier molecular flexibility index (Phi) is 10.1. The van der Waals surface area contributed by atoms with Gasteiger partial charge in [-0.1, -0.05) is 6.07 Å². The van der Waals surface area contributed by atoms with Crippen LogP contribution in [0.15, 0.2) is 53.4 Å². The van der Waals surface area contributed by atoms with Crippen LogP contribution < -0.4 is 19.1 Å². The molecule has 1 N–H and O–H groups in total. The van der Waals surface area contributed by atoms with Crippen LogP contribution >= 0.6 is 0 Å². The second-order valence-corrected chi connectivity index (χ2v) is 12.2. The molecule has 0 spiro atoms. The first-order valence-corrected chi connectivity index (χ1v) is 15.1. The monoisotopic (exact) mass is 555 g/mol. The maximum absolute atomic E-state index is 12.7. The van der Waals surface area contributed by atoms with Gasteiger partial charge in [0.05, 0.1) is 43.7 Å². The molecule has 0 atom stereocenters. The number of carbonyl (C=O) groups excluding carboxylic acids is 1. The molecule has 0 aromatic heterocycles. The molecule has 0 bridgehead atoms. The van der Waals surface area contributed by atoms with E-state index in [9.17, 15) is 21.6 Å². The summed E-state index contributed by atoms with van der Waals surface area (Å²) in [5.74, 6) is 0.796. The van der Waals surface area contributed by atoms with Crippen molar-refractivity contribution in [3.05, 3.63) is 48.5 Å². The van der Waals surface area contributed by atoms with Crippen molar-refractivity contribution in [3.63, 3.8) is 0 Å². The Bertz CT molecular complexity index is 1250. The van der Waals surface area contributed by atoms with Gasteiger partial charge < -0.3 is 19.5 Å². The second kappa shape index (κ2) is 13.1. The minimum absolute atomic E-state index is 0.143. The Morgan fingerprint density at radius 1 is 1.05 bits per heavy atom. The van der Waals surface area contributed by atoms with E-state index in [1.54, 1.807) is 36.4 Å². The molecule has 37 heavy (non-hydrogen) atoms. The molecule has 204 valence electrons. The number of methoxy groups -OCH3 is 1. The zero-order chi connectivity index (χ0) is 26.9. The van der Waals surface area contributed by atoms with E-state index >= 15 is 0 Å². The first-order valence-electron chi connectivity index (χ1n) is 11.8. The van der Waals surface area contributed by atoms with E-state index in [1.165, 1.54) is 27.9 Å². The predicted octanol–water partition coefficient (Wildman–Crippen LogP) is 1.46. The average Bonchev–Trinajstić information content (AvgIpc) is 2.89. The molecule has 3 rings (SSSR count). The van der Waals surface area contributed by atoms with E-state index in [0.29, 0.717) is 49.9 Å². The van der Waals surface area contributed by atoms with Crippen LogP contribution in [0.1, 0.15) is 12.8 Å². The number of amides is 1. The fourth-order valence-electron chi connectivity index (χ4n) is 3.73. The number of nitrogens with zero attached hydrogens (tertiary/aromatic N) is 2. The van der Waals surface area contributed by atoms with Gasteiger partial charge in [-0.3, -0.25) is 9.10 Å². The fourth-order valence-corrected chi connectivity index (χ4v) is 6.09. The highest BCUT2D eigenvalue weighted by Crippen LogP contribution is 2.23. The lowest BCUT2D eigenvalue weighted by Crippen LogP contribution is -2.40. The van der Waals surface area contributed by atoms with Gasteiger partial charge in [0, 0.05) is 32.1 Å². The fraction of sp³-hybridized carbons (Fsp3) is 0.458. The molecular weight excluding hydrogens is 522 g/mol. The normalized spacial score (nSPS) is 14.6. The molecule has 1 heterocycles. The first-order chi connectivity index (χ1) is 17.6. The minimum Gasteiger partial charge on any atom is -0.497 e. The van der Waals surface area contributed by atoms with Gasteiger partial charge in [-0.15, -0.1) is 0 Å². The van der Waals surface area contributed by atoms with Crippen molar-refractivity contribution >= 4 is 31.6 Å². The van der Waals surface area contributed by atoms with E-state index in [0.717, 1.165) is 6.26 Å². The van der Waals surface area contributed by atoms with Gasteiger partial charge in [-0.25, -0.2) is 16.8 Å². The number of hydrogen-bond donors (Lipinski definition) is 1. The van der Waals surface area contributed by atoms with Gasteiger partial charge in [0.2, 0.25) is 26.0 Å². The molecule has 2 aromatic carbocycles. The number of sulfonamides is 2. The van der Waals surface area contributed by atoms with Crippen molar-refractivity contribution in [2.24, 2.45) is 0 Å². The van der Waals surface area contributed by atoms with Crippen molar-refractivity contribution in [3.8, 4) is 11.5 Å². The van der Waals surface area contributed by atoms with Crippen LogP contribution in [0.25, 0.3) is 0 Å². The zero-order valence-corrected chi connectivity index (χ0v) is 22.6. The molecule has 0 radical (unpaired) electrons. The lowest BCUT2D eigenvalue weighted by atomic mass is 10.2. The maximum atomic E-state index is 12.7. The zero-order valence-electron chi connectivity index (χ0n) is 21.0. The lowest BCUT2D eigenvalue weighted by Gasteiger charge is -2.26. The second-order valence-electron chi connectivity index (χ2n) is 8.33. The highest BCUT2D eigenvalue weighted by Gasteiger charge is 2.26. The summed E-state index contributed by atoms with van der Waals surface area (Å²) in [6, 6.07) is 12.9. The number of rotatable bonds is 13. The molecule has 1 saturated heterocycles. The van der Waals surface area contributed by atoms with Crippen LogP contribution in [0.3, 0.4) is 0 Å². The molecule has 1 fully saturated rings. The topological polar surface area (TPSA) is 132 Å². The molecule has 2 aromatic rings. The summed E-state index contributed by atoms with van der Waals surface area (Å²) >= 11 is 0. The molecule has 0 saturated carbocycles. The quantitative estimate of drug-likeness (QED) is 0.368. The van der Waals surface area contributed by atoms with Gasteiger partial charge in [-0.05, 0) is 42.8 Å². The van der Waals surface area contributed by atoms with Gasteiger partial charge >= 0.3 is 0 Å². The van der Waals surface area contributed by atoms with Gasteiger partial charge in [0.1, 0.15) is 18.1 Å². The Labute approximate surface area is 218 Å². The number of nitrogens with one attached hydrogen (secondary N) is 1. The van der Waals surface area contributed by atoms with Crippen LogP contribution in [-0.2, 0) is 29.6 Å². The predicted molar refractivity (Wildman–Crippen MR) is 139 cm³/mol. The van der Waals surface area contributed by atoms with E-state index in [-0.39, 0.29) is 36.9 Å². The largest absolute Gasteiger partial charge is 0.497 e. The smallest absolute Gasteiger partial charge is 0.243 e. The van der Waals surface area contributed by atoms with Gasteiger partial charge in [-0.2, -0.15) is 4.31 Å². The lowest BCUT2D eigenvalue weighted by molar-refractivity contribution is -0.121. The summed E-state index contributed by atoms with van der Waals surface area (Å²) in [6.07, 6.45) is 1.59. The van der Waals surface area contributed by atoms with Crippen molar-refractivity contribution < 1.29 is 35.8 Å². The molecule has 1 aliphatic rings. The minimum atomic E-state index is -3.57. The van der Waals surface area contributed by atoms with Gasteiger partial charge in [0.25, 0.3) is 0 Å². The van der Waals surface area contributed by atoms with E-state index in [2.05, 4.69) is 5.32 Å². The summed E-state index contributed by atoms with van der Waals surface area (Å²) in [7, 11) is -5.59. The molecule has 1 aliphatic heterocycles. The van der Waals surface area contributed by atoms with Crippen LogP contribution in [0, 0.1) is 0 Å². The number of morpholine rings is 1. The third-order valence-corrected chi connectivity index (χ3v) is 8.74. The molecular formula is C24H33N3O8S2. The summed E-state index contributed by atoms with van der Waals surface area (Å²) in [4.78, 5) is 12.4. The molecule has 13 heteroatoms. The summed E-state index contributed by atoms with van der Waals surface area (Å²) < 4.78 is 68.4. The Hall–Kier alpha value is -2.87. The molecule has 11 nitrogen and oxygen atoms in total. The van der Waals surface area contributed by atoms with E-state index in [1.807, 2.05) is 0 Å². The molecule has 0 unspecified atom stereocenters. The van der Waals surface area contributed by atoms with Crippen molar-refractivity contribution in [2.45, 2.75) is 17.7 Å². The highest BCUT2D eigenvalue weighted by molar-refractivity contribution is 7.92. The van der Waals surface area contributed by atoms with Crippen LogP contribution in [0.2, 0.25) is 0 Å². The van der Waals surface area contributed by atoms with Crippen molar-refractivity contribution in [1.82, 2.24) is 9.62 Å². The number of hydrogen-bond acceptors (Lipinski definition) is 8. The molecule has 1 amide bonds. The third-order valence-electron chi connectivity index (χ3n) is 5.63. The molecule has 0 aliphatic carbocycles. The van der Waals surface area contributed by atoms with Crippen LogP contribution in [-0.4, -0.2) is 86.4 Å². The first kappa shape index (κ1) is 28.7. The SMILES string of the molecule is COc1cccc(N(CCCC(=O)NCCOc2ccc(S(=O)(=O)N3CCOCC3)cc2)S(C)(=O)=O)c1. The summed E-state index contributed by atoms with van der Waals surface area (Å²) in [6.45, 7) is 2.00. The Morgan fingerprint density at radius 2 is 1.76 bits per heavy atom. The Morgan fingerprint density at radius 3 is 2.41 bits per heavy atom. The number of carbonyl (C=O) groups is 1. The Balaban J connectivity index is 1.40. The van der Waals surface area contributed by atoms with Crippen LogP contribution in [0.5, 0.6) is 11.5 Å².